The van der Waals surface area contributed by atoms with Gasteiger partial charge in [0, 0.05) is 27.2 Å². The summed E-state index contributed by atoms with van der Waals surface area (Å²) in [5.41, 5.74) is 7.81. The highest BCUT2D eigenvalue weighted by atomic mass is 79.9. The molecule has 1 aliphatic carbocycles. The minimum atomic E-state index is -0.0330. The van der Waals surface area contributed by atoms with E-state index in [1.165, 1.54) is 14.9 Å². The Hall–Kier alpha value is -0.640. The lowest BCUT2D eigenvalue weighted by atomic mass is 10.0. The van der Waals surface area contributed by atoms with Crippen molar-refractivity contribution < 1.29 is 0 Å². The first kappa shape index (κ1) is 11.5. The zero-order valence-electron chi connectivity index (χ0n) is 9.40. The lowest BCUT2D eigenvalue weighted by Gasteiger charge is -2.10. The molecule has 1 heterocycles. The molecule has 3 heteroatoms. The minimum Gasteiger partial charge on any atom is -0.324 e. The van der Waals surface area contributed by atoms with E-state index in [2.05, 4.69) is 57.7 Å². The average Bonchev–Trinajstić information content (AvgIpc) is 2.85. The van der Waals surface area contributed by atoms with Gasteiger partial charge in [-0.3, -0.25) is 0 Å². The topological polar surface area (TPSA) is 26.0 Å². The summed E-state index contributed by atoms with van der Waals surface area (Å²) in [7, 11) is 0. The van der Waals surface area contributed by atoms with Crippen LogP contribution >= 0.6 is 27.3 Å². The molecule has 0 amide bonds. The lowest BCUT2D eigenvalue weighted by molar-refractivity contribution is 0.651. The van der Waals surface area contributed by atoms with Crippen LogP contribution in [-0.4, -0.2) is 5.54 Å². The van der Waals surface area contributed by atoms with Crippen LogP contribution in [0.2, 0.25) is 0 Å². The number of halogens is 1. The molecular weight excluding hydrogens is 294 g/mol. The Bertz CT molecular complexity index is 522. The van der Waals surface area contributed by atoms with E-state index in [-0.39, 0.29) is 5.54 Å². The van der Waals surface area contributed by atoms with Crippen molar-refractivity contribution in [2.45, 2.75) is 24.3 Å². The fraction of sp³-hybridized carbons (Fsp3) is 0.286. The van der Waals surface area contributed by atoms with Crippen molar-refractivity contribution in [3.05, 3.63) is 56.7 Å². The van der Waals surface area contributed by atoms with E-state index in [1.807, 2.05) is 0 Å². The van der Waals surface area contributed by atoms with E-state index in [9.17, 15) is 0 Å². The van der Waals surface area contributed by atoms with Gasteiger partial charge in [0.15, 0.2) is 0 Å². The highest BCUT2D eigenvalue weighted by molar-refractivity contribution is 9.10. The van der Waals surface area contributed by atoms with Crippen LogP contribution in [-0.2, 0) is 6.42 Å². The number of hydrogen-bond acceptors (Lipinski definition) is 2. The lowest BCUT2D eigenvalue weighted by Crippen LogP contribution is -2.27. The Balaban J connectivity index is 1.76. The van der Waals surface area contributed by atoms with Crippen molar-refractivity contribution in [2.75, 3.05) is 0 Å². The maximum Gasteiger partial charge on any atom is 0.0315 e. The molecule has 0 aliphatic heterocycles. The summed E-state index contributed by atoms with van der Waals surface area (Å²) in [6.07, 6.45) is 2.08. The predicted octanol–water partition coefficient (Wildman–Crippen LogP) is 3.94. The Morgan fingerprint density at radius 1 is 1.29 bits per heavy atom. The standard InChI is InChI=1S/C14H14BrNS/c15-12-6-7-17-13(12)9-14(16)8-11(14)10-4-2-1-3-5-10/h1-7,11H,8-9,16H2. The first-order valence-corrected chi connectivity index (χ1v) is 7.42. The van der Waals surface area contributed by atoms with Crippen LogP contribution in [0.25, 0.3) is 0 Å². The van der Waals surface area contributed by atoms with E-state index in [4.69, 9.17) is 5.73 Å². The van der Waals surface area contributed by atoms with Gasteiger partial charge in [-0.1, -0.05) is 30.3 Å². The molecule has 1 aliphatic rings. The summed E-state index contributed by atoms with van der Waals surface area (Å²) in [5.74, 6) is 0.526. The smallest absolute Gasteiger partial charge is 0.0315 e. The average molecular weight is 308 g/mol. The first-order valence-electron chi connectivity index (χ1n) is 5.75. The van der Waals surface area contributed by atoms with Gasteiger partial charge in [0.1, 0.15) is 0 Å². The molecule has 1 fully saturated rings. The van der Waals surface area contributed by atoms with E-state index in [0.29, 0.717) is 5.92 Å². The van der Waals surface area contributed by atoms with Crippen LogP contribution in [0.1, 0.15) is 22.8 Å². The van der Waals surface area contributed by atoms with Gasteiger partial charge in [-0.05, 0) is 39.4 Å². The Morgan fingerprint density at radius 3 is 2.71 bits per heavy atom. The van der Waals surface area contributed by atoms with Crippen molar-refractivity contribution in [1.29, 1.82) is 0 Å². The van der Waals surface area contributed by atoms with Gasteiger partial charge in [-0.15, -0.1) is 11.3 Å². The molecule has 17 heavy (non-hydrogen) atoms. The molecule has 0 bridgehead atoms. The molecule has 2 aromatic rings. The third-order valence-electron chi connectivity index (χ3n) is 3.50. The normalized spacial score (nSPS) is 27.1. The van der Waals surface area contributed by atoms with Crippen LogP contribution in [0.4, 0.5) is 0 Å². The van der Waals surface area contributed by atoms with Crippen LogP contribution in [0.5, 0.6) is 0 Å². The molecule has 2 unspecified atom stereocenters. The van der Waals surface area contributed by atoms with Crippen LogP contribution in [0, 0.1) is 0 Å². The van der Waals surface area contributed by atoms with E-state index in [1.54, 1.807) is 11.3 Å². The van der Waals surface area contributed by atoms with Crippen molar-refractivity contribution >= 4 is 27.3 Å². The van der Waals surface area contributed by atoms with Crippen molar-refractivity contribution in [3.8, 4) is 0 Å². The zero-order chi connectivity index (χ0) is 11.9. The number of thiophene rings is 1. The fourth-order valence-corrected chi connectivity index (χ4v) is 4.03. The van der Waals surface area contributed by atoms with Crippen LogP contribution in [0.3, 0.4) is 0 Å². The van der Waals surface area contributed by atoms with Crippen LogP contribution < -0.4 is 5.73 Å². The molecule has 2 atom stereocenters. The van der Waals surface area contributed by atoms with E-state index in [0.717, 1.165) is 12.8 Å². The monoisotopic (exact) mass is 307 g/mol. The fourth-order valence-electron chi connectivity index (χ4n) is 2.40. The quantitative estimate of drug-likeness (QED) is 0.913. The zero-order valence-corrected chi connectivity index (χ0v) is 11.8. The summed E-state index contributed by atoms with van der Waals surface area (Å²) in [5, 5.41) is 2.11. The highest BCUT2D eigenvalue weighted by Gasteiger charge is 2.51. The summed E-state index contributed by atoms with van der Waals surface area (Å²) in [6.45, 7) is 0. The van der Waals surface area contributed by atoms with Gasteiger partial charge in [0.25, 0.3) is 0 Å². The van der Waals surface area contributed by atoms with Gasteiger partial charge in [-0.25, -0.2) is 0 Å². The van der Waals surface area contributed by atoms with E-state index < -0.39 is 0 Å². The Morgan fingerprint density at radius 2 is 2.06 bits per heavy atom. The summed E-state index contributed by atoms with van der Waals surface area (Å²) in [4.78, 5) is 1.37. The molecule has 1 nitrogen and oxygen atoms in total. The molecule has 1 aromatic carbocycles. The van der Waals surface area contributed by atoms with Gasteiger partial charge in [-0.2, -0.15) is 0 Å². The number of rotatable bonds is 3. The number of nitrogens with two attached hydrogens (primary N) is 1. The Kier molecular flexibility index (Phi) is 2.85. The Labute approximate surface area is 114 Å². The summed E-state index contributed by atoms with van der Waals surface area (Å²) < 4.78 is 1.20. The summed E-state index contributed by atoms with van der Waals surface area (Å²) >= 11 is 5.36. The molecule has 2 N–H and O–H groups in total. The molecule has 0 saturated heterocycles. The van der Waals surface area contributed by atoms with Crippen molar-refractivity contribution in [3.63, 3.8) is 0 Å². The molecule has 1 saturated carbocycles. The number of hydrogen-bond donors (Lipinski definition) is 1. The molecule has 3 rings (SSSR count). The van der Waals surface area contributed by atoms with Crippen molar-refractivity contribution in [2.24, 2.45) is 5.73 Å². The van der Waals surface area contributed by atoms with Gasteiger partial charge < -0.3 is 5.73 Å². The summed E-state index contributed by atoms with van der Waals surface area (Å²) in [6, 6.07) is 12.7. The van der Waals surface area contributed by atoms with E-state index >= 15 is 0 Å². The molecule has 1 aromatic heterocycles. The predicted molar refractivity (Wildman–Crippen MR) is 76.4 cm³/mol. The van der Waals surface area contributed by atoms with Gasteiger partial charge in [0.2, 0.25) is 0 Å². The largest absolute Gasteiger partial charge is 0.324 e. The SMILES string of the molecule is NC1(Cc2sccc2Br)CC1c1ccccc1. The third kappa shape index (κ3) is 2.19. The third-order valence-corrected chi connectivity index (χ3v) is 5.43. The second-order valence-electron chi connectivity index (χ2n) is 4.77. The number of benzene rings is 1. The van der Waals surface area contributed by atoms with Crippen LogP contribution in [0.15, 0.2) is 46.3 Å². The molecule has 0 spiro atoms. The molecular formula is C14H14BrNS. The molecule has 0 radical (unpaired) electrons. The van der Waals surface area contributed by atoms with Gasteiger partial charge in [0.05, 0.1) is 0 Å². The second-order valence-corrected chi connectivity index (χ2v) is 6.62. The first-order chi connectivity index (χ1) is 8.19. The minimum absolute atomic E-state index is 0.0330. The van der Waals surface area contributed by atoms with Crippen molar-refractivity contribution in [1.82, 2.24) is 0 Å². The molecule has 88 valence electrons. The van der Waals surface area contributed by atoms with Gasteiger partial charge >= 0.3 is 0 Å². The highest BCUT2D eigenvalue weighted by Crippen LogP contribution is 2.52. The second kappa shape index (κ2) is 4.23. The maximum absolute atomic E-state index is 6.47. The maximum atomic E-state index is 6.47.